The van der Waals surface area contributed by atoms with Crippen molar-refractivity contribution in [3.05, 3.63) is 41.5 Å². The Morgan fingerprint density at radius 1 is 0.960 bits per heavy atom. The molecule has 6 heteroatoms. The SMILES string of the molecule is O=C1C=C2C=NCCCN=Cc3ccccc3NCCN=C2CC1=O. The average Bonchev–Trinajstić information content (AvgIpc) is 2.62. The highest BCUT2D eigenvalue weighted by molar-refractivity contribution is 6.50. The maximum absolute atomic E-state index is 11.7. The third-order valence-electron chi connectivity index (χ3n) is 3.95. The Bertz CT molecular complexity index is 790. The van der Waals surface area contributed by atoms with E-state index in [1.165, 1.54) is 6.08 Å². The van der Waals surface area contributed by atoms with Crippen molar-refractivity contribution in [2.45, 2.75) is 12.8 Å². The number of benzene rings is 1. The summed E-state index contributed by atoms with van der Waals surface area (Å²) in [4.78, 5) is 36.6. The van der Waals surface area contributed by atoms with Crippen molar-refractivity contribution in [2.75, 3.05) is 31.5 Å². The molecule has 1 aromatic carbocycles. The van der Waals surface area contributed by atoms with Crippen molar-refractivity contribution < 1.29 is 9.59 Å². The zero-order chi connectivity index (χ0) is 17.5. The Balaban J connectivity index is 1.82. The summed E-state index contributed by atoms with van der Waals surface area (Å²) in [5.74, 6) is -0.893. The van der Waals surface area contributed by atoms with Gasteiger partial charge >= 0.3 is 0 Å². The molecular formula is C19H20N4O2. The van der Waals surface area contributed by atoms with E-state index in [-0.39, 0.29) is 6.42 Å². The number of carbonyl (C=O) groups excluding carboxylic acids is 2. The molecule has 0 spiro atoms. The van der Waals surface area contributed by atoms with E-state index < -0.39 is 11.6 Å². The van der Waals surface area contributed by atoms with Crippen LogP contribution >= 0.6 is 0 Å². The van der Waals surface area contributed by atoms with Gasteiger partial charge in [-0.2, -0.15) is 0 Å². The highest BCUT2D eigenvalue weighted by atomic mass is 16.2. The average molecular weight is 336 g/mol. The first kappa shape index (κ1) is 17.0. The topological polar surface area (TPSA) is 83.2 Å². The number of hydrogen-bond acceptors (Lipinski definition) is 6. The fourth-order valence-electron chi connectivity index (χ4n) is 2.64. The lowest BCUT2D eigenvalue weighted by Crippen LogP contribution is -2.25. The van der Waals surface area contributed by atoms with Crippen molar-refractivity contribution in [3.63, 3.8) is 0 Å². The molecule has 0 bridgehead atoms. The van der Waals surface area contributed by atoms with Crippen LogP contribution in [0.5, 0.6) is 0 Å². The summed E-state index contributed by atoms with van der Waals surface area (Å²) in [6.45, 7) is 2.43. The van der Waals surface area contributed by atoms with E-state index in [2.05, 4.69) is 20.3 Å². The van der Waals surface area contributed by atoms with E-state index in [1.807, 2.05) is 30.5 Å². The van der Waals surface area contributed by atoms with E-state index in [0.717, 1.165) is 17.7 Å². The minimum atomic E-state index is -0.477. The van der Waals surface area contributed by atoms with Crippen LogP contribution in [0, 0.1) is 0 Å². The quantitative estimate of drug-likeness (QED) is 0.735. The zero-order valence-electron chi connectivity index (χ0n) is 13.9. The summed E-state index contributed by atoms with van der Waals surface area (Å²) in [5, 5.41) is 3.34. The lowest BCUT2D eigenvalue weighted by Gasteiger charge is -2.12. The summed E-state index contributed by atoms with van der Waals surface area (Å²) in [7, 11) is 0. The molecule has 1 N–H and O–H groups in total. The summed E-state index contributed by atoms with van der Waals surface area (Å²) < 4.78 is 0. The van der Waals surface area contributed by atoms with Crippen LogP contribution in [0.4, 0.5) is 5.69 Å². The van der Waals surface area contributed by atoms with Gasteiger partial charge in [0.15, 0.2) is 0 Å². The first-order valence-corrected chi connectivity index (χ1v) is 8.39. The smallest absolute Gasteiger partial charge is 0.222 e. The van der Waals surface area contributed by atoms with Gasteiger partial charge in [-0.25, -0.2) is 0 Å². The van der Waals surface area contributed by atoms with Crippen LogP contribution in [-0.2, 0) is 9.59 Å². The maximum atomic E-state index is 11.7. The van der Waals surface area contributed by atoms with E-state index in [0.29, 0.717) is 37.5 Å². The van der Waals surface area contributed by atoms with Gasteiger partial charge in [-0.05, 0) is 18.6 Å². The minimum absolute atomic E-state index is 0.0520. The van der Waals surface area contributed by atoms with E-state index in [9.17, 15) is 9.59 Å². The standard InChI is InChI=1S/C19H20N4O2/c24-18-10-15-13-21-7-3-6-20-12-14-4-1-2-5-16(14)22-8-9-23-17(15)11-19(18)25/h1-2,4-5,10,12-13,22H,3,6-9,11H2. The lowest BCUT2D eigenvalue weighted by atomic mass is 9.96. The van der Waals surface area contributed by atoms with Gasteiger partial charge in [0.2, 0.25) is 11.6 Å². The largest absolute Gasteiger partial charge is 0.383 e. The van der Waals surface area contributed by atoms with Gasteiger partial charge in [0.05, 0.1) is 18.7 Å². The van der Waals surface area contributed by atoms with E-state index in [1.54, 1.807) is 6.21 Å². The summed E-state index contributed by atoms with van der Waals surface area (Å²) in [5.41, 5.74) is 3.31. The Hall–Kier alpha value is -2.89. The number of hydrogen-bond donors (Lipinski definition) is 1. The highest BCUT2D eigenvalue weighted by Gasteiger charge is 2.23. The predicted molar refractivity (Wildman–Crippen MR) is 100 cm³/mol. The Morgan fingerprint density at radius 2 is 1.76 bits per heavy atom. The molecular weight excluding hydrogens is 316 g/mol. The van der Waals surface area contributed by atoms with Crippen LogP contribution in [0.25, 0.3) is 0 Å². The number of rotatable bonds is 0. The van der Waals surface area contributed by atoms with Gasteiger partial charge in [0, 0.05) is 48.9 Å². The second kappa shape index (κ2) is 8.28. The molecule has 1 aliphatic carbocycles. The van der Waals surface area contributed by atoms with Crippen molar-refractivity contribution in [1.82, 2.24) is 0 Å². The third-order valence-corrected chi connectivity index (χ3v) is 3.95. The second-order valence-corrected chi connectivity index (χ2v) is 5.83. The molecule has 25 heavy (non-hydrogen) atoms. The van der Waals surface area contributed by atoms with Gasteiger partial charge < -0.3 is 5.32 Å². The molecule has 0 unspecified atom stereocenters. The molecule has 128 valence electrons. The Kier molecular flexibility index (Phi) is 5.61. The summed E-state index contributed by atoms with van der Waals surface area (Å²) in [6.07, 6.45) is 5.73. The lowest BCUT2D eigenvalue weighted by molar-refractivity contribution is -0.133. The molecule has 3 rings (SSSR count). The third kappa shape index (κ3) is 4.56. The second-order valence-electron chi connectivity index (χ2n) is 5.83. The first-order chi connectivity index (χ1) is 12.2. The molecule has 2 aliphatic rings. The maximum Gasteiger partial charge on any atom is 0.222 e. The Labute approximate surface area is 146 Å². The number of nitrogens with one attached hydrogen (secondary N) is 1. The van der Waals surface area contributed by atoms with E-state index >= 15 is 0 Å². The highest BCUT2D eigenvalue weighted by Crippen LogP contribution is 2.13. The van der Waals surface area contributed by atoms with Crippen molar-refractivity contribution >= 4 is 35.4 Å². The van der Waals surface area contributed by atoms with Crippen molar-refractivity contribution in [1.29, 1.82) is 0 Å². The number of ketones is 2. The molecule has 0 saturated carbocycles. The number of para-hydroxylation sites is 1. The Morgan fingerprint density at radius 3 is 2.64 bits per heavy atom. The van der Waals surface area contributed by atoms with Crippen LogP contribution in [0.15, 0.2) is 50.9 Å². The molecule has 1 heterocycles. The fraction of sp³-hybridized carbons (Fsp3) is 0.316. The molecule has 0 atom stereocenters. The molecule has 0 fully saturated rings. The first-order valence-electron chi connectivity index (χ1n) is 8.39. The van der Waals surface area contributed by atoms with Gasteiger partial charge in [-0.3, -0.25) is 24.6 Å². The number of nitrogens with zero attached hydrogens (tertiary/aromatic N) is 3. The minimum Gasteiger partial charge on any atom is -0.383 e. The van der Waals surface area contributed by atoms with Gasteiger partial charge in [0.1, 0.15) is 0 Å². The molecule has 0 amide bonds. The van der Waals surface area contributed by atoms with Crippen molar-refractivity contribution in [3.8, 4) is 0 Å². The zero-order valence-corrected chi connectivity index (χ0v) is 13.9. The molecule has 1 aliphatic heterocycles. The number of aliphatic imine (C=N–C) groups is 3. The van der Waals surface area contributed by atoms with Crippen LogP contribution in [0.2, 0.25) is 0 Å². The molecule has 0 saturated heterocycles. The normalized spacial score (nSPS) is 18.9. The molecule has 1 aromatic rings. The number of carbonyl (C=O) groups is 2. The van der Waals surface area contributed by atoms with Crippen molar-refractivity contribution in [2.24, 2.45) is 15.0 Å². The molecule has 0 aromatic heterocycles. The number of fused-ring (bicyclic) bond motifs is 2. The van der Waals surface area contributed by atoms with Crippen LogP contribution in [0.1, 0.15) is 18.4 Å². The monoisotopic (exact) mass is 336 g/mol. The van der Waals surface area contributed by atoms with Gasteiger partial charge in [0.25, 0.3) is 0 Å². The van der Waals surface area contributed by atoms with Crippen LogP contribution in [-0.4, -0.2) is 55.9 Å². The van der Waals surface area contributed by atoms with Crippen LogP contribution in [0.3, 0.4) is 0 Å². The summed E-state index contributed by atoms with van der Waals surface area (Å²) >= 11 is 0. The van der Waals surface area contributed by atoms with Gasteiger partial charge in [-0.1, -0.05) is 18.2 Å². The number of Topliss-reactive ketones (excluding diaryl/α,β-unsaturated/α-hetero) is 1. The number of allylic oxidation sites excluding steroid dienone is 2. The molecule has 6 nitrogen and oxygen atoms in total. The molecule has 0 radical (unpaired) electrons. The predicted octanol–water partition coefficient (Wildman–Crippen LogP) is 1.90. The number of anilines is 1. The van der Waals surface area contributed by atoms with Gasteiger partial charge in [-0.15, -0.1) is 0 Å². The fourth-order valence-corrected chi connectivity index (χ4v) is 2.64. The summed E-state index contributed by atoms with van der Waals surface area (Å²) in [6, 6.07) is 7.97. The van der Waals surface area contributed by atoms with E-state index in [4.69, 9.17) is 0 Å². The van der Waals surface area contributed by atoms with Crippen LogP contribution < -0.4 is 5.32 Å².